The van der Waals surface area contributed by atoms with Gasteiger partial charge in [-0.15, -0.1) is 0 Å². The molecule has 0 radical (unpaired) electrons. The highest BCUT2D eigenvalue weighted by Gasteiger charge is 2.34. The van der Waals surface area contributed by atoms with Crippen molar-refractivity contribution in [2.75, 3.05) is 13.1 Å². The predicted octanol–water partition coefficient (Wildman–Crippen LogP) is 6.25. The summed E-state index contributed by atoms with van der Waals surface area (Å²) in [5.41, 5.74) is 4.02. The Hall–Kier alpha value is -4.00. The lowest BCUT2D eigenvalue weighted by Crippen LogP contribution is -2.45. The van der Waals surface area contributed by atoms with Gasteiger partial charge >= 0.3 is 6.09 Å². The van der Waals surface area contributed by atoms with E-state index >= 15 is 0 Å². The van der Waals surface area contributed by atoms with Gasteiger partial charge in [0.25, 0.3) is 0 Å². The zero-order chi connectivity index (χ0) is 26.9. The Kier molecular flexibility index (Phi) is 7.02. The van der Waals surface area contributed by atoms with Gasteiger partial charge in [0, 0.05) is 61.4 Å². The van der Waals surface area contributed by atoms with Gasteiger partial charge in [-0.25, -0.2) is 4.79 Å². The summed E-state index contributed by atoms with van der Waals surface area (Å²) >= 11 is 0. The van der Waals surface area contributed by atoms with Gasteiger partial charge in [0.15, 0.2) is 5.78 Å². The molecular formula is C31H34N4O3. The standard InChI is InChI=1S/C31H34N4O3/c1-31(2,3)38-30(37)35-19-21(16-25(20-35)22-8-6-5-7-9-22)17-28(36)24-10-11-27-26(18-24)29(33-34(27)4)23-12-14-32-15-13-23/h5-15,18,21,25H,16-17,19-20H2,1-4H3. The minimum atomic E-state index is -0.576. The SMILES string of the molecule is Cn1nc(-c2ccncc2)c2cc(C(=O)CC3CC(c4ccccc4)CN(C(=O)OC(C)(C)C)C3)ccc21. The van der Waals surface area contributed by atoms with E-state index < -0.39 is 5.60 Å². The smallest absolute Gasteiger partial charge is 0.410 e. The van der Waals surface area contributed by atoms with Crippen LogP contribution in [0.3, 0.4) is 0 Å². The molecule has 2 aromatic heterocycles. The van der Waals surface area contributed by atoms with Crippen LogP contribution in [0.2, 0.25) is 0 Å². The van der Waals surface area contributed by atoms with Crippen LogP contribution in [0.4, 0.5) is 4.79 Å². The van der Waals surface area contributed by atoms with Gasteiger partial charge in [-0.1, -0.05) is 30.3 Å². The highest BCUT2D eigenvalue weighted by molar-refractivity contribution is 6.02. The van der Waals surface area contributed by atoms with Crippen molar-refractivity contribution >= 4 is 22.8 Å². The Morgan fingerprint density at radius 3 is 2.45 bits per heavy atom. The zero-order valence-electron chi connectivity index (χ0n) is 22.4. The van der Waals surface area contributed by atoms with Crippen LogP contribution in [0.15, 0.2) is 73.1 Å². The quantitative estimate of drug-likeness (QED) is 0.297. The Balaban J connectivity index is 1.40. The maximum atomic E-state index is 13.6. The normalized spacial score (nSPS) is 17.9. The number of aryl methyl sites for hydroxylation is 1. The zero-order valence-corrected chi connectivity index (χ0v) is 22.4. The Morgan fingerprint density at radius 2 is 1.74 bits per heavy atom. The van der Waals surface area contributed by atoms with E-state index in [0.717, 1.165) is 28.6 Å². The van der Waals surface area contributed by atoms with Crippen LogP contribution in [-0.2, 0) is 11.8 Å². The second kappa shape index (κ2) is 10.4. The largest absolute Gasteiger partial charge is 0.444 e. The van der Waals surface area contributed by atoms with Gasteiger partial charge < -0.3 is 9.64 Å². The molecule has 5 rings (SSSR count). The van der Waals surface area contributed by atoms with E-state index in [-0.39, 0.29) is 23.7 Å². The maximum absolute atomic E-state index is 13.6. The number of Topliss-reactive ketones (excluding diaryl/α,β-unsaturated/α-hetero) is 1. The number of hydrogen-bond acceptors (Lipinski definition) is 5. The lowest BCUT2D eigenvalue weighted by Gasteiger charge is -2.38. The first-order valence-electron chi connectivity index (χ1n) is 13.1. The number of aromatic nitrogens is 3. The summed E-state index contributed by atoms with van der Waals surface area (Å²) in [5, 5.41) is 5.63. The molecule has 2 aromatic carbocycles. The molecule has 1 aliphatic rings. The number of piperidine rings is 1. The number of ether oxygens (including phenoxy) is 1. The molecule has 0 spiro atoms. The summed E-state index contributed by atoms with van der Waals surface area (Å²) in [6.07, 6.45) is 4.36. The number of carbonyl (C=O) groups is 2. The number of hydrogen-bond donors (Lipinski definition) is 0. The Morgan fingerprint density at radius 1 is 1.00 bits per heavy atom. The van der Waals surface area contributed by atoms with Crippen molar-refractivity contribution in [1.29, 1.82) is 0 Å². The minimum Gasteiger partial charge on any atom is -0.444 e. The molecule has 1 amide bonds. The van der Waals surface area contributed by atoms with Crippen LogP contribution >= 0.6 is 0 Å². The second-order valence-electron chi connectivity index (χ2n) is 11.2. The number of rotatable bonds is 5. The summed E-state index contributed by atoms with van der Waals surface area (Å²) in [4.78, 5) is 32.5. The molecule has 0 bridgehead atoms. The van der Waals surface area contributed by atoms with Gasteiger partial charge in [-0.2, -0.15) is 5.10 Å². The van der Waals surface area contributed by atoms with E-state index in [9.17, 15) is 9.59 Å². The lowest BCUT2D eigenvalue weighted by molar-refractivity contribution is 0.0136. The summed E-state index contributed by atoms with van der Waals surface area (Å²) in [6, 6.07) is 19.9. The molecule has 7 heteroatoms. The van der Waals surface area contributed by atoms with E-state index in [4.69, 9.17) is 9.84 Å². The molecule has 0 saturated carbocycles. The fourth-order valence-electron chi connectivity index (χ4n) is 5.34. The number of benzene rings is 2. The van der Waals surface area contributed by atoms with Gasteiger partial charge in [-0.3, -0.25) is 14.5 Å². The van der Waals surface area contributed by atoms with E-state index in [0.29, 0.717) is 25.1 Å². The Labute approximate surface area is 223 Å². The van der Waals surface area contributed by atoms with Gasteiger partial charge in [0.2, 0.25) is 0 Å². The third-order valence-corrected chi connectivity index (χ3v) is 7.06. The highest BCUT2D eigenvalue weighted by Crippen LogP contribution is 2.34. The van der Waals surface area contributed by atoms with Crippen molar-refractivity contribution in [3.8, 4) is 11.3 Å². The van der Waals surface area contributed by atoms with E-state index in [1.54, 1.807) is 17.3 Å². The van der Waals surface area contributed by atoms with Gasteiger partial charge in [0.1, 0.15) is 11.3 Å². The molecule has 38 heavy (non-hydrogen) atoms. The molecule has 0 N–H and O–H groups in total. The lowest BCUT2D eigenvalue weighted by atomic mass is 9.81. The highest BCUT2D eigenvalue weighted by atomic mass is 16.6. The molecule has 3 heterocycles. The summed E-state index contributed by atoms with van der Waals surface area (Å²) in [5.74, 6) is 0.242. The average molecular weight is 511 g/mol. The first-order chi connectivity index (χ1) is 18.2. The van der Waals surface area contributed by atoms with Crippen LogP contribution < -0.4 is 0 Å². The predicted molar refractivity (Wildman–Crippen MR) is 148 cm³/mol. The monoisotopic (exact) mass is 510 g/mol. The number of likely N-dealkylation sites (tertiary alicyclic amines) is 1. The van der Waals surface area contributed by atoms with Gasteiger partial charge in [0.05, 0.1) is 5.52 Å². The molecule has 2 unspecified atom stereocenters. The van der Waals surface area contributed by atoms with Crippen LogP contribution in [0, 0.1) is 5.92 Å². The van der Waals surface area contributed by atoms with Crippen molar-refractivity contribution < 1.29 is 14.3 Å². The molecule has 2 atom stereocenters. The van der Waals surface area contributed by atoms with Crippen LogP contribution in [-0.4, -0.2) is 50.2 Å². The van der Waals surface area contributed by atoms with Gasteiger partial charge in [-0.05, 0) is 69.0 Å². The Bertz CT molecular complexity index is 1440. The van der Waals surface area contributed by atoms with Crippen LogP contribution in [0.5, 0.6) is 0 Å². The number of nitrogens with zero attached hydrogens (tertiary/aromatic N) is 4. The average Bonchev–Trinajstić information content (AvgIpc) is 3.24. The van der Waals surface area contributed by atoms with Crippen LogP contribution in [0.1, 0.15) is 55.5 Å². The number of fused-ring (bicyclic) bond motifs is 1. The van der Waals surface area contributed by atoms with Crippen molar-refractivity contribution in [3.63, 3.8) is 0 Å². The van der Waals surface area contributed by atoms with Crippen molar-refractivity contribution in [2.45, 2.75) is 45.1 Å². The topological polar surface area (TPSA) is 77.3 Å². The molecule has 0 aliphatic carbocycles. The fourth-order valence-corrected chi connectivity index (χ4v) is 5.34. The first kappa shape index (κ1) is 25.6. The maximum Gasteiger partial charge on any atom is 0.410 e. The van der Waals surface area contributed by atoms with Crippen molar-refractivity contribution in [2.24, 2.45) is 13.0 Å². The summed E-state index contributed by atoms with van der Waals surface area (Å²) < 4.78 is 7.53. The number of carbonyl (C=O) groups excluding carboxylic acids is 2. The summed E-state index contributed by atoms with van der Waals surface area (Å²) in [7, 11) is 1.91. The van der Waals surface area contributed by atoms with Crippen LogP contribution in [0.25, 0.3) is 22.2 Å². The molecular weight excluding hydrogens is 476 g/mol. The number of pyridine rings is 1. The molecule has 1 fully saturated rings. The van der Waals surface area contributed by atoms with E-state index in [1.807, 2.05) is 81.0 Å². The molecule has 7 nitrogen and oxygen atoms in total. The third-order valence-electron chi connectivity index (χ3n) is 7.06. The van der Waals surface area contributed by atoms with E-state index in [2.05, 4.69) is 17.1 Å². The fraction of sp³-hybridized carbons (Fsp3) is 0.355. The number of amides is 1. The molecule has 1 saturated heterocycles. The second-order valence-corrected chi connectivity index (χ2v) is 11.2. The third kappa shape index (κ3) is 5.62. The summed E-state index contributed by atoms with van der Waals surface area (Å²) in [6.45, 7) is 6.71. The molecule has 1 aliphatic heterocycles. The first-order valence-corrected chi connectivity index (χ1v) is 13.1. The molecule has 4 aromatic rings. The number of ketones is 1. The minimum absolute atomic E-state index is 0.0261. The molecule has 196 valence electrons. The van der Waals surface area contributed by atoms with Crippen molar-refractivity contribution in [3.05, 3.63) is 84.2 Å². The van der Waals surface area contributed by atoms with Crippen molar-refractivity contribution in [1.82, 2.24) is 19.7 Å². The van der Waals surface area contributed by atoms with E-state index in [1.165, 1.54) is 5.56 Å².